The van der Waals surface area contributed by atoms with Gasteiger partial charge in [0.15, 0.2) is 5.11 Å². The number of carbonyl (C=O) groups is 1. The summed E-state index contributed by atoms with van der Waals surface area (Å²) in [6.45, 7) is 1.66. The Kier molecular flexibility index (Phi) is 6.55. The van der Waals surface area contributed by atoms with Gasteiger partial charge in [-0.25, -0.2) is 0 Å². The molecule has 0 aliphatic rings. The highest BCUT2D eigenvalue weighted by molar-refractivity contribution is 7.80. The van der Waals surface area contributed by atoms with Gasteiger partial charge in [-0.05, 0) is 24.4 Å². The average Bonchev–Trinajstić information content (AvgIpc) is 2.36. The zero-order valence-corrected chi connectivity index (χ0v) is 12.5. The van der Waals surface area contributed by atoms with Crippen LogP contribution in [0.1, 0.15) is 10.4 Å². The second kappa shape index (κ2) is 7.93. The smallest absolute Gasteiger partial charge is 0.271 e. The summed E-state index contributed by atoms with van der Waals surface area (Å²) in [4.78, 5) is 13.1. The molecule has 1 aromatic carbocycles. The molecule has 1 amide bonds. The van der Waals surface area contributed by atoms with Gasteiger partial charge in [0.1, 0.15) is 0 Å². The molecular formula is C12H18ClN4OS+. The lowest BCUT2D eigenvalue weighted by Gasteiger charge is -2.13. The minimum Gasteiger partial charge on any atom is -0.356 e. The number of carbonyl (C=O) groups excluding carboxylic acids is 1. The highest BCUT2D eigenvalue weighted by Crippen LogP contribution is 2.13. The monoisotopic (exact) mass is 301 g/mol. The predicted octanol–water partition coefficient (Wildman–Crippen LogP) is -0.407. The number of benzene rings is 1. The molecule has 0 saturated carbocycles. The minimum absolute atomic E-state index is 0.326. The van der Waals surface area contributed by atoms with Gasteiger partial charge in [-0.3, -0.25) is 15.6 Å². The van der Waals surface area contributed by atoms with E-state index in [0.717, 1.165) is 13.1 Å². The number of hydrogen-bond donors (Lipinski definition) is 4. The summed E-state index contributed by atoms with van der Waals surface area (Å²) < 4.78 is 0. The van der Waals surface area contributed by atoms with E-state index >= 15 is 0 Å². The first kappa shape index (κ1) is 15.7. The van der Waals surface area contributed by atoms with Gasteiger partial charge in [-0.2, -0.15) is 0 Å². The zero-order chi connectivity index (χ0) is 14.3. The number of amides is 1. The molecule has 7 heteroatoms. The maximum Gasteiger partial charge on any atom is 0.271 e. The maximum absolute atomic E-state index is 11.8. The van der Waals surface area contributed by atoms with Crippen molar-refractivity contribution < 1.29 is 9.69 Å². The summed E-state index contributed by atoms with van der Waals surface area (Å²) in [7, 11) is 4.11. The minimum atomic E-state index is -0.326. The summed E-state index contributed by atoms with van der Waals surface area (Å²) in [5.41, 5.74) is 5.53. The van der Waals surface area contributed by atoms with E-state index in [1.54, 1.807) is 24.3 Å². The number of rotatable bonds is 4. The second-order valence-corrected chi connectivity index (χ2v) is 5.09. The lowest BCUT2D eigenvalue weighted by atomic mass is 10.2. The number of hydrogen-bond acceptors (Lipinski definition) is 2. The highest BCUT2D eigenvalue weighted by atomic mass is 35.5. The van der Waals surface area contributed by atoms with Crippen molar-refractivity contribution in [2.75, 3.05) is 27.2 Å². The van der Waals surface area contributed by atoms with Crippen LogP contribution in [0.15, 0.2) is 24.3 Å². The van der Waals surface area contributed by atoms with Gasteiger partial charge in [0, 0.05) is 0 Å². The second-order valence-electron chi connectivity index (χ2n) is 4.27. The normalized spacial score (nSPS) is 10.1. The van der Waals surface area contributed by atoms with E-state index in [9.17, 15) is 4.79 Å². The molecule has 0 atom stereocenters. The zero-order valence-electron chi connectivity index (χ0n) is 10.9. The lowest BCUT2D eigenvalue weighted by molar-refractivity contribution is -0.856. The van der Waals surface area contributed by atoms with Crippen molar-refractivity contribution >= 4 is 34.8 Å². The van der Waals surface area contributed by atoms with E-state index in [1.807, 2.05) is 0 Å². The molecule has 0 radical (unpaired) electrons. The molecule has 19 heavy (non-hydrogen) atoms. The molecule has 0 saturated heterocycles. The molecule has 1 rings (SSSR count). The molecule has 0 aromatic heterocycles. The third kappa shape index (κ3) is 5.87. The van der Waals surface area contributed by atoms with Crippen LogP contribution in [0.25, 0.3) is 0 Å². The molecule has 0 unspecified atom stereocenters. The van der Waals surface area contributed by atoms with Gasteiger partial charge in [0.25, 0.3) is 5.91 Å². The van der Waals surface area contributed by atoms with Gasteiger partial charge in [-0.1, -0.05) is 23.7 Å². The van der Waals surface area contributed by atoms with Gasteiger partial charge >= 0.3 is 0 Å². The summed E-state index contributed by atoms with van der Waals surface area (Å²) in [5, 5.41) is 3.76. The third-order valence-electron chi connectivity index (χ3n) is 2.32. The Balaban J connectivity index is 2.34. The topological polar surface area (TPSA) is 57.6 Å². The molecule has 0 bridgehead atoms. The number of quaternary nitrogens is 1. The Morgan fingerprint density at radius 1 is 1.32 bits per heavy atom. The van der Waals surface area contributed by atoms with E-state index in [4.69, 9.17) is 23.8 Å². The van der Waals surface area contributed by atoms with Crippen LogP contribution in [0.3, 0.4) is 0 Å². The first-order chi connectivity index (χ1) is 9.00. The molecule has 104 valence electrons. The van der Waals surface area contributed by atoms with Crippen LogP contribution in [0.2, 0.25) is 5.02 Å². The molecule has 0 heterocycles. The maximum atomic E-state index is 11.8. The number of nitrogens with one attached hydrogen (secondary N) is 4. The molecule has 1 aromatic rings. The Morgan fingerprint density at radius 2 is 2.00 bits per heavy atom. The van der Waals surface area contributed by atoms with Crippen LogP contribution < -0.4 is 21.1 Å². The molecular weight excluding hydrogens is 284 g/mol. The van der Waals surface area contributed by atoms with Gasteiger partial charge in [0.2, 0.25) is 0 Å². The summed E-state index contributed by atoms with van der Waals surface area (Å²) in [6.07, 6.45) is 0. The molecule has 0 aliphatic heterocycles. The molecule has 0 fully saturated rings. The Morgan fingerprint density at radius 3 is 2.63 bits per heavy atom. The molecule has 0 spiro atoms. The van der Waals surface area contributed by atoms with E-state index in [0.29, 0.717) is 15.7 Å². The van der Waals surface area contributed by atoms with Crippen LogP contribution in [-0.4, -0.2) is 38.2 Å². The largest absolute Gasteiger partial charge is 0.356 e. The van der Waals surface area contributed by atoms with Crippen molar-refractivity contribution in [2.45, 2.75) is 0 Å². The van der Waals surface area contributed by atoms with E-state index in [1.165, 1.54) is 4.90 Å². The Hall–Kier alpha value is -1.37. The van der Waals surface area contributed by atoms with Crippen LogP contribution >= 0.6 is 23.8 Å². The summed E-state index contributed by atoms with van der Waals surface area (Å²) >= 11 is 10.9. The summed E-state index contributed by atoms with van der Waals surface area (Å²) in [5.74, 6) is -0.326. The lowest BCUT2D eigenvalue weighted by Crippen LogP contribution is -3.06. The molecule has 4 N–H and O–H groups in total. The van der Waals surface area contributed by atoms with Gasteiger partial charge in [-0.15, -0.1) is 0 Å². The number of halogens is 1. The van der Waals surface area contributed by atoms with Gasteiger partial charge in [0.05, 0.1) is 37.8 Å². The van der Waals surface area contributed by atoms with Crippen LogP contribution in [0.4, 0.5) is 0 Å². The van der Waals surface area contributed by atoms with Crippen molar-refractivity contribution in [1.29, 1.82) is 0 Å². The third-order valence-corrected chi connectivity index (χ3v) is 2.89. The molecule has 5 nitrogen and oxygen atoms in total. The standard InChI is InChI=1S/C12H17ClN4OS/c1-17(2)8-7-14-12(19)16-15-11(18)9-5-3-4-6-10(9)13/h3-6H,7-8H2,1-2H3,(H,15,18)(H2,14,16,19)/p+1. The fourth-order valence-electron chi connectivity index (χ4n) is 1.30. The molecule has 0 aliphatic carbocycles. The van der Waals surface area contributed by atoms with Crippen molar-refractivity contribution in [3.8, 4) is 0 Å². The SMILES string of the molecule is C[NH+](C)CCNC(=S)NNC(=O)c1ccccc1Cl. The van der Waals surface area contributed by atoms with Crippen LogP contribution in [0, 0.1) is 0 Å². The van der Waals surface area contributed by atoms with Crippen molar-refractivity contribution in [1.82, 2.24) is 16.2 Å². The van der Waals surface area contributed by atoms with Crippen molar-refractivity contribution in [3.05, 3.63) is 34.9 Å². The number of hydrazine groups is 1. The highest BCUT2D eigenvalue weighted by Gasteiger charge is 2.09. The van der Waals surface area contributed by atoms with Crippen LogP contribution in [0.5, 0.6) is 0 Å². The average molecular weight is 302 g/mol. The van der Waals surface area contributed by atoms with E-state index in [2.05, 4.69) is 30.3 Å². The number of thiocarbonyl (C=S) groups is 1. The Labute approximate surface area is 123 Å². The van der Waals surface area contributed by atoms with Crippen molar-refractivity contribution in [3.63, 3.8) is 0 Å². The number of likely N-dealkylation sites (N-methyl/N-ethyl adjacent to an activating group) is 1. The first-order valence-electron chi connectivity index (χ1n) is 5.88. The first-order valence-corrected chi connectivity index (χ1v) is 6.67. The Bertz CT molecular complexity index is 453. The van der Waals surface area contributed by atoms with Gasteiger partial charge < -0.3 is 10.2 Å². The fraction of sp³-hybridized carbons (Fsp3) is 0.333. The quantitative estimate of drug-likeness (QED) is 0.451. The predicted molar refractivity (Wildman–Crippen MR) is 80.3 cm³/mol. The van der Waals surface area contributed by atoms with E-state index < -0.39 is 0 Å². The fourth-order valence-corrected chi connectivity index (χ4v) is 1.67. The summed E-state index contributed by atoms with van der Waals surface area (Å²) in [6, 6.07) is 6.82. The van der Waals surface area contributed by atoms with Crippen LogP contribution in [-0.2, 0) is 0 Å². The van der Waals surface area contributed by atoms with E-state index in [-0.39, 0.29) is 5.91 Å². The van der Waals surface area contributed by atoms with Crippen molar-refractivity contribution in [2.24, 2.45) is 0 Å².